The molecular formula is C28H25ClF3N3O2. The predicted molar refractivity (Wildman–Crippen MR) is 137 cm³/mol. The van der Waals surface area contributed by atoms with Crippen LogP contribution in [0.15, 0.2) is 95.1 Å². The zero-order valence-corrected chi connectivity index (χ0v) is 21.0. The van der Waals surface area contributed by atoms with E-state index in [1.54, 1.807) is 24.0 Å². The van der Waals surface area contributed by atoms with Crippen molar-refractivity contribution in [2.45, 2.75) is 32.2 Å². The van der Waals surface area contributed by atoms with Gasteiger partial charge in [-0.3, -0.25) is 0 Å². The summed E-state index contributed by atoms with van der Waals surface area (Å²) in [6.07, 6.45) is -4.42. The Hall–Kier alpha value is -3.78. The molecule has 1 heterocycles. The van der Waals surface area contributed by atoms with Crippen molar-refractivity contribution in [3.63, 3.8) is 0 Å². The number of methoxy groups -OCH3 is 1. The van der Waals surface area contributed by atoms with Gasteiger partial charge in [-0.15, -0.1) is 0 Å². The first-order valence-electron chi connectivity index (χ1n) is 11.5. The average Bonchev–Trinajstić information content (AvgIpc) is 2.89. The van der Waals surface area contributed by atoms with Gasteiger partial charge in [-0.1, -0.05) is 66.2 Å². The second-order valence-corrected chi connectivity index (χ2v) is 8.96. The molecule has 192 valence electrons. The van der Waals surface area contributed by atoms with Gasteiger partial charge in [0.05, 0.1) is 37.4 Å². The number of hydrogen-bond donors (Lipinski definition) is 1. The van der Waals surface area contributed by atoms with Gasteiger partial charge in [0.15, 0.2) is 5.96 Å². The molecule has 0 fully saturated rings. The number of aliphatic imine (C=N–C) groups is 1. The topological polar surface area (TPSA) is 53.9 Å². The quantitative estimate of drug-likeness (QED) is 0.371. The van der Waals surface area contributed by atoms with Crippen molar-refractivity contribution in [3.8, 4) is 0 Å². The lowest BCUT2D eigenvalue weighted by Crippen LogP contribution is -2.48. The highest BCUT2D eigenvalue weighted by molar-refractivity contribution is 6.30. The fourth-order valence-corrected chi connectivity index (χ4v) is 4.25. The van der Waals surface area contributed by atoms with Gasteiger partial charge in [0, 0.05) is 10.7 Å². The molecule has 0 amide bonds. The Morgan fingerprint density at radius 1 is 1.00 bits per heavy atom. The Kier molecular flexibility index (Phi) is 7.88. The molecule has 0 saturated carbocycles. The number of allylic oxidation sites excluding steroid dienone is 1. The van der Waals surface area contributed by atoms with Gasteiger partial charge in [0.25, 0.3) is 0 Å². The first-order chi connectivity index (χ1) is 17.7. The first kappa shape index (κ1) is 26.3. The Labute approximate surface area is 218 Å². The van der Waals surface area contributed by atoms with Crippen LogP contribution in [0.5, 0.6) is 0 Å². The van der Waals surface area contributed by atoms with Gasteiger partial charge in [-0.05, 0) is 47.9 Å². The smallest absolute Gasteiger partial charge is 0.416 e. The van der Waals surface area contributed by atoms with Crippen LogP contribution < -0.4 is 5.32 Å². The van der Waals surface area contributed by atoms with Crippen molar-refractivity contribution in [2.75, 3.05) is 7.11 Å². The van der Waals surface area contributed by atoms with Crippen molar-refractivity contribution >= 4 is 23.5 Å². The second-order valence-electron chi connectivity index (χ2n) is 8.53. The molecule has 1 unspecified atom stereocenters. The number of guanidine groups is 1. The fourth-order valence-electron chi connectivity index (χ4n) is 4.13. The first-order valence-corrected chi connectivity index (χ1v) is 11.9. The van der Waals surface area contributed by atoms with Crippen molar-refractivity contribution < 1.29 is 22.7 Å². The van der Waals surface area contributed by atoms with Gasteiger partial charge in [-0.2, -0.15) is 13.2 Å². The lowest BCUT2D eigenvalue weighted by molar-refractivity contribution is -0.138. The van der Waals surface area contributed by atoms with Gasteiger partial charge in [0.2, 0.25) is 0 Å². The summed E-state index contributed by atoms with van der Waals surface area (Å²) in [5.41, 5.74) is 2.61. The average molecular weight is 528 g/mol. The molecule has 1 aliphatic rings. The third kappa shape index (κ3) is 6.14. The lowest BCUT2D eigenvalue weighted by atomic mass is 9.94. The van der Waals surface area contributed by atoms with Crippen LogP contribution in [0.2, 0.25) is 5.02 Å². The van der Waals surface area contributed by atoms with Crippen LogP contribution in [-0.4, -0.2) is 23.9 Å². The Morgan fingerprint density at radius 2 is 1.65 bits per heavy atom. The normalized spacial score (nSPS) is 17.1. The molecule has 5 nitrogen and oxygen atoms in total. The molecule has 0 spiro atoms. The summed E-state index contributed by atoms with van der Waals surface area (Å²) in [7, 11) is 1.31. The van der Waals surface area contributed by atoms with Gasteiger partial charge in [0.1, 0.15) is 0 Å². The molecule has 3 aromatic rings. The number of alkyl halides is 3. The van der Waals surface area contributed by atoms with E-state index in [0.717, 1.165) is 23.3 Å². The minimum Gasteiger partial charge on any atom is -0.466 e. The van der Waals surface area contributed by atoms with Crippen molar-refractivity contribution in [1.29, 1.82) is 0 Å². The molecule has 1 N–H and O–H groups in total. The Morgan fingerprint density at radius 3 is 2.24 bits per heavy atom. The number of halogens is 4. The van der Waals surface area contributed by atoms with Crippen molar-refractivity contribution in [1.82, 2.24) is 10.2 Å². The summed E-state index contributed by atoms with van der Waals surface area (Å²) in [6, 6.07) is 21.1. The summed E-state index contributed by atoms with van der Waals surface area (Å²) in [4.78, 5) is 19.5. The zero-order chi connectivity index (χ0) is 26.6. The van der Waals surface area contributed by atoms with Crippen molar-refractivity contribution in [2.24, 2.45) is 4.99 Å². The molecule has 4 rings (SSSR count). The van der Waals surface area contributed by atoms with E-state index in [-0.39, 0.29) is 6.54 Å². The minimum atomic E-state index is -4.42. The van der Waals surface area contributed by atoms with E-state index in [9.17, 15) is 18.0 Å². The molecule has 1 atom stereocenters. The summed E-state index contributed by atoms with van der Waals surface area (Å²) in [6.45, 7) is 2.33. The highest BCUT2D eigenvalue weighted by atomic mass is 35.5. The highest BCUT2D eigenvalue weighted by Gasteiger charge is 2.35. The van der Waals surface area contributed by atoms with Crippen molar-refractivity contribution in [3.05, 3.63) is 117 Å². The number of nitrogens with one attached hydrogen (secondary N) is 1. The third-order valence-electron chi connectivity index (χ3n) is 6.10. The molecule has 0 aliphatic carbocycles. The summed E-state index contributed by atoms with van der Waals surface area (Å²) < 4.78 is 44.3. The number of rotatable bonds is 6. The number of ether oxygens (including phenoxy) is 1. The van der Waals surface area contributed by atoms with Crippen LogP contribution in [0.3, 0.4) is 0 Å². The van der Waals surface area contributed by atoms with Crippen LogP contribution in [0, 0.1) is 0 Å². The van der Waals surface area contributed by atoms with Crippen LogP contribution in [0.25, 0.3) is 0 Å². The van der Waals surface area contributed by atoms with Crippen LogP contribution >= 0.6 is 11.6 Å². The maximum Gasteiger partial charge on any atom is 0.416 e. The number of hydrogen-bond acceptors (Lipinski definition) is 3. The maximum atomic E-state index is 13.1. The van der Waals surface area contributed by atoms with E-state index in [0.29, 0.717) is 34.4 Å². The minimum absolute atomic E-state index is 0.193. The number of carbonyl (C=O) groups excluding carboxylic acids is 1. The fraction of sp³-hybridized carbons (Fsp3) is 0.214. The third-order valence-corrected chi connectivity index (χ3v) is 6.35. The van der Waals surface area contributed by atoms with E-state index >= 15 is 0 Å². The molecule has 0 saturated heterocycles. The van der Waals surface area contributed by atoms with Crippen LogP contribution in [0.1, 0.15) is 35.2 Å². The van der Waals surface area contributed by atoms with Gasteiger partial charge < -0.3 is 15.0 Å². The predicted octanol–water partition coefficient (Wildman–Crippen LogP) is 6.51. The molecule has 37 heavy (non-hydrogen) atoms. The summed E-state index contributed by atoms with van der Waals surface area (Å²) >= 11 is 6.08. The second kappa shape index (κ2) is 11.1. The largest absolute Gasteiger partial charge is 0.466 e. The Balaban J connectivity index is 1.77. The lowest BCUT2D eigenvalue weighted by Gasteiger charge is -2.38. The molecule has 1 aliphatic heterocycles. The van der Waals surface area contributed by atoms with E-state index in [2.05, 4.69) is 5.32 Å². The van der Waals surface area contributed by atoms with Gasteiger partial charge in [-0.25, -0.2) is 9.79 Å². The molecule has 0 bridgehead atoms. The van der Waals surface area contributed by atoms with E-state index in [1.165, 1.54) is 19.2 Å². The van der Waals surface area contributed by atoms with E-state index in [1.807, 2.05) is 42.5 Å². The standard InChI is InChI=1S/C28H25ClF3N3O2/c1-18-24(26(36)37-2)25(21-10-14-23(29)15-11-21)34-27(33-16-19-6-4-3-5-7-19)35(18)17-20-8-12-22(13-9-20)28(30,31)32/h3-15,25H,16-17H2,1-2H3,(H,33,34). The number of nitrogens with zero attached hydrogens (tertiary/aromatic N) is 2. The molecule has 0 aromatic heterocycles. The molecule has 0 radical (unpaired) electrons. The number of carbonyl (C=O) groups is 1. The molecule has 3 aromatic carbocycles. The number of esters is 1. The summed E-state index contributed by atoms with van der Waals surface area (Å²) in [5, 5.41) is 3.91. The Bertz CT molecular complexity index is 1310. The van der Waals surface area contributed by atoms with Crippen LogP contribution in [0.4, 0.5) is 13.2 Å². The van der Waals surface area contributed by atoms with Crippen LogP contribution in [-0.2, 0) is 28.8 Å². The molecule has 9 heteroatoms. The SMILES string of the molecule is COC(=O)C1=C(C)N(Cc2ccc(C(F)(F)F)cc2)C(=NCc2ccccc2)NC1c1ccc(Cl)cc1. The monoisotopic (exact) mass is 527 g/mol. The zero-order valence-electron chi connectivity index (χ0n) is 20.2. The van der Waals surface area contributed by atoms with E-state index < -0.39 is 23.8 Å². The highest BCUT2D eigenvalue weighted by Crippen LogP contribution is 2.34. The molecular weight excluding hydrogens is 503 g/mol. The van der Waals surface area contributed by atoms with Gasteiger partial charge >= 0.3 is 12.1 Å². The maximum absolute atomic E-state index is 13.1. The number of benzene rings is 3. The summed E-state index contributed by atoms with van der Waals surface area (Å²) in [5.74, 6) is -0.0432. The van der Waals surface area contributed by atoms with E-state index in [4.69, 9.17) is 21.3 Å².